The number of carbonyl (C=O) groups excluding carboxylic acids is 1. The Labute approximate surface area is 120 Å². The van der Waals surface area contributed by atoms with Gasteiger partial charge in [0.15, 0.2) is 0 Å². The zero-order chi connectivity index (χ0) is 14.8. The summed E-state index contributed by atoms with van der Waals surface area (Å²) in [6, 6.07) is 7.18. The molecular formula is C14H14N4O3. The van der Waals surface area contributed by atoms with Crippen molar-refractivity contribution in [2.75, 3.05) is 5.32 Å². The molecule has 1 aromatic heterocycles. The van der Waals surface area contributed by atoms with Crippen LogP contribution >= 0.6 is 0 Å². The number of anilines is 1. The van der Waals surface area contributed by atoms with Crippen molar-refractivity contribution in [2.45, 2.75) is 25.3 Å². The molecule has 0 bridgehead atoms. The molecule has 21 heavy (non-hydrogen) atoms. The lowest BCUT2D eigenvalue weighted by atomic mass is 10.1. The van der Waals surface area contributed by atoms with Gasteiger partial charge in [0, 0.05) is 11.9 Å². The average Bonchev–Trinajstić information content (AvgIpc) is 2.81. The molecule has 0 saturated carbocycles. The third-order valence-electron chi connectivity index (χ3n) is 3.47. The Morgan fingerprint density at radius 1 is 1.43 bits per heavy atom. The van der Waals surface area contributed by atoms with Crippen LogP contribution in [0.15, 0.2) is 30.5 Å². The van der Waals surface area contributed by atoms with E-state index in [1.807, 2.05) is 24.3 Å². The lowest BCUT2D eigenvalue weighted by Gasteiger charge is -2.12. The summed E-state index contributed by atoms with van der Waals surface area (Å²) < 4.78 is 1.44. The number of nitrogens with one attached hydrogen (secondary N) is 1. The zero-order valence-electron chi connectivity index (χ0n) is 11.2. The number of nitrogens with zero attached hydrogens (tertiary/aromatic N) is 3. The second kappa shape index (κ2) is 5.35. The topological polar surface area (TPSA) is 97.1 Å². The average molecular weight is 286 g/mol. The number of aryl methyl sites for hydroxylation is 1. The van der Waals surface area contributed by atoms with Gasteiger partial charge in [-0.3, -0.25) is 9.59 Å². The van der Waals surface area contributed by atoms with E-state index in [-0.39, 0.29) is 12.3 Å². The molecule has 0 fully saturated rings. The molecule has 0 spiro atoms. The van der Waals surface area contributed by atoms with Gasteiger partial charge >= 0.3 is 5.97 Å². The van der Waals surface area contributed by atoms with Crippen LogP contribution in [0.1, 0.15) is 23.7 Å². The number of hydrogen-bond acceptors (Lipinski definition) is 4. The fourth-order valence-electron chi connectivity index (χ4n) is 2.45. The summed E-state index contributed by atoms with van der Waals surface area (Å²) in [6.45, 7) is 0. The van der Waals surface area contributed by atoms with Crippen molar-refractivity contribution < 1.29 is 14.7 Å². The number of rotatable bonds is 3. The number of carbonyl (C=O) groups is 2. The zero-order valence-corrected chi connectivity index (χ0v) is 11.2. The van der Waals surface area contributed by atoms with Crippen LogP contribution in [0.3, 0.4) is 0 Å². The summed E-state index contributed by atoms with van der Waals surface area (Å²) in [5.41, 5.74) is 2.24. The van der Waals surface area contributed by atoms with Crippen LogP contribution in [0.5, 0.6) is 0 Å². The lowest BCUT2D eigenvalue weighted by Crippen LogP contribution is -2.25. The van der Waals surface area contributed by atoms with Crippen LogP contribution in [-0.4, -0.2) is 32.0 Å². The minimum atomic E-state index is -0.972. The number of fused-ring (bicyclic) bond motifs is 1. The normalized spacial score (nSPS) is 17.7. The standard InChI is InChI=1S/C14H14N4O3/c19-13(20)7-10-8-18(17-16-10)12-6-5-9-3-1-2-4-11(9)15-14(12)21/h1-4,8,12H,5-7H2,(H,15,21)(H,19,20). The lowest BCUT2D eigenvalue weighted by molar-refractivity contribution is -0.136. The van der Waals surface area contributed by atoms with Gasteiger partial charge in [-0.05, 0) is 24.5 Å². The minimum Gasteiger partial charge on any atom is -0.481 e. The maximum absolute atomic E-state index is 12.3. The van der Waals surface area contributed by atoms with E-state index in [1.54, 1.807) is 0 Å². The highest BCUT2D eigenvalue weighted by atomic mass is 16.4. The monoisotopic (exact) mass is 286 g/mol. The van der Waals surface area contributed by atoms with E-state index < -0.39 is 12.0 Å². The van der Waals surface area contributed by atoms with Crippen LogP contribution in [0.4, 0.5) is 5.69 Å². The molecule has 1 unspecified atom stereocenters. The molecular weight excluding hydrogens is 272 g/mol. The number of para-hydroxylation sites is 1. The second-order valence-electron chi connectivity index (χ2n) is 4.96. The Morgan fingerprint density at radius 2 is 2.24 bits per heavy atom. The summed E-state index contributed by atoms with van der Waals surface area (Å²) in [5.74, 6) is -1.13. The van der Waals surface area contributed by atoms with Gasteiger partial charge in [-0.1, -0.05) is 23.4 Å². The summed E-state index contributed by atoms with van der Waals surface area (Å²) in [7, 11) is 0. The van der Waals surface area contributed by atoms with Crippen LogP contribution < -0.4 is 5.32 Å². The van der Waals surface area contributed by atoms with Gasteiger partial charge in [-0.25, -0.2) is 4.68 Å². The molecule has 2 heterocycles. The number of aliphatic carboxylic acids is 1. The van der Waals surface area contributed by atoms with Gasteiger partial charge in [0.2, 0.25) is 5.91 Å². The van der Waals surface area contributed by atoms with Crippen molar-refractivity contribution in [1.82, 2.24) is 15.0 Å². The van der Waals surface area contributed by atoms with Gasteiger partial charge in [0.25, 0.3) is 0 Å². The van der Waals surface area contributed by atoms with E-state index >= 15 is 0 Å². The number of hydrogen-bond donors (Lipinski definition) is 2. The van der Waals surface area contributed by atoms with Gasteiger partial charge in [-0.15, -0.1) is 5.10 Å². The molecule has 108 valence electrons. The van der Waals surface area contributed by atoms with Crippen LogP contribution in [0.2, 0.25) is 0 Å². The van der Waals surface area contributed by atoms with Crippen LogP contribution in [-0.2, 0) is 22.4 Å². The largest absolute Gasteiger partial charge is 0.481 e. The fourth-order valence-corrected chi connectivity index (χ4v) is 2.45. The number of carboxylic acid groups (broad SMARTS) is 1. The molecule has 7 heteroatoms. The molecule has 1 atom stereocenters. The molecule has 7 nitrogen and oxygen atoms in total. The van der Waals surface area contributed by atoms with Gasteiger partial charge in [0.1, 0.15) is 6.04 Å². The molecule has 0 saturated heterocycles. The SMILES string of the molecule is O=C(O)Cc1cn(C2CCc3ccccc3NC2=O)nn1. The highest BCUT2D eigenvalue weighted by molar-refractivity contribution is 5.95. The first-order valence-electron chi connectivity index (χ1n) is 6.65. The number of benzene rings is 1. The minimum absolute atomic E-state index is 0.160. The number of amides is 1. The first-order chi connectivity index (χ1) is 10.1. The molecule has 1 aromatic carbocycles. The summed E-state index contributed by atoms with van der Waals surface area (Å²) in [5, 5.41) is 19.3. The Morgan fingerprint density at radius 3 is 3.05 bits per heavy atom. The Kier molecular flexibility index (Phi) is 3.39. The Bertz CT molecular complexity index is 695. The highest BCUT2D eigenvalue weighted by Gasteiger charge is 2.26. The molecule has 1 amide bonds. The van der Waals surface area contributed by atoms with Gasteiger partial charge < -0.3 is 10.4 Å². The number of aromatic nitrogens is 3. The Hall–Kier alpha value is -2.70. The van der Waals surface area contributed by atoms with Crippen LogP contribution in [0.25, 0.3) is 0 Å². The molecule has 3 rings (SSSR count). The first kappa shape index (κ1) is 13.3. The van der Waals surface area contributed by atoms with Gasteiger partial charge in [0.05, 0.1) is 12.1 Å². The molecule has 0 radical (unpaired) electrons. The smallest absolute Gasteiger partial charge is 0.309 e. The van der Waals surface area contributed by atoms with Crippen molar-refractivity contribution in [2.24, 2.45) is 0 Å². The van der Waals surface area contributed by atoms with E-state index in [4.69, 9.17) is 5.11 Å². The van der Waals surface area contributed by atoms with Crippen molar-refractivity contribution in [3.05, 3.63) is 41.7 Å². The summed E-state index contributed by atoms with van der Waals surface area (Å²) in [4.78, 5) is 23.0. The fraction of sp³-hybridized carbons (Fsp3) is 0.286. The second-order valence-corrected chi connectivity index (χ2v) is 4.96. The van der Waals surface area contributed by atoms with E-state index in [1.165, 1.54) is 10.9 Å². The number of carboxylic acids is 1. The highest BCUT2D eigenvalue weighted by Crippen LogP contribution is 2.26. The van der Waals surface area contributed by atoms with Crippen molar-refractivity contribution in [1.29, 1.82) is 0 Å². The third-order valence-corrected chi connectivity index (χ3v) is 3.47. The quantitative estimate of drug-likeness (QED) is 0.878. The van der Waals surface area contributed by atoms with E-state index in [0.717, 1.165) is 17.7 Å². The maximum Gasteiger partial charge on any atom is 0.309 e. The van der Waals surface area contributed by atoms with Crippen molar-refractivity contribution >= 4 is 17.6 Å². The summed E-state index contributed by atoms with van der Waals surface area (Å²) >= 11 is 0. The van der Waals surface area contributed by atoms with E-state index in [2.05, 4.69) is 15.6 Å². The third kappa shape index (κ3) is 2.76. The molecule has 0 aliphatic carbocycles. The predicted molar refractivity (Wildman–Crippen MR) is 73.8 cm³/mol. The maximum atomic E-state index is 12.3. The predicted octanol–water partition coefficient (Wildman–Crippen LogP) is 1.03. The van der Waals surface area contributed by atoms with E-state index in [9.17, 15) is 9.59 Å². The van der Waals surface area contributed by atoms with E-state index in [0.29, 0.717) is 12.1 Å². The first-order valence-corrected chi connectivity index (χ1v) is 6.65. The Balaban J connectivity index is 1.82. The molecule has 2 N–H and O–H groups in total. The molecule has 2 aromatic rings. The molecule has 1 aliphatic heterocycles. The van der Waals surface area contributed by atoms with Crippen LogP contribution in [0, 0.1) is 0 Å². The van der Waals surface area contributed by atoms with Crippen molar-refractivity contribution in [3.63, 3.8) is 0 Å². The van der Waals surface area contributed by atoms with Crippen molar-refractivity contribution in [3.8, 4) is 0 Å². The molecule has 1 aliphatic rings. The van der Waals surface area contributed by atoms with Gasteiger partial charge in [-0.2, -0.15) is 0 Å². The summed E-state index contributed by atoms with van der Waals surface area (Å²) in [6.07, 6.45) is 2.66.